The zero-order valence-electron chi connectivity index (χ0n) is 7.11. The van der Waals surface area contributed by atoms with Crippen LogP contribution in [0.1, 0.15) is 11.9 Å². The van der Waals surface area contributed by atoms with Crippen molar-refractivity contribution in [1.82, 2.24) is 20.4 Å². The molecule has 2 aromatic heterocycles. The molecule has 0 saturated carbocycles. The Bertz CT molecular complexity index is 394. The van der Waals surface area contributed by atoms with Crippen molar-refractivity contribution in [3.63, 3.8) is 0 Å². The monoisotopic (exact) mass is 182 g/mol. The molecule has 0 fully saturated rings. The van der Waals surface area contributed by atoms with Gasteiger partial charge in [0.05, 0.1) is 6.33 Å². The lowest BCUT2D eigenvalue weighted by Gasteiger charge is -2.04. The summed E-state index contributed by atoms with van der Waals surface area (Å²) in [7, 11) is 1.75. The molecule has 0 aromatic carbocycles. The molecule has 0 bridgehead atoms. The van der Waals surface area contributed by atoms with Crippen molar-refractivity contribution < 1.29 is 9.63 Å². The smallest absolute Gasteiger partial charge is 0.220 e. The molecule has 0 amide bonds. The van der Waals surface area contributed by atoms with E-state index >= 15 is 0 Å². The summed E-state index contributed by atoms with van der Waals surface area (Å²) in [5, 5.41) is 16.1. The molecule has 13 heavy (non-hydrogen) atoms. The maximum absolute atomic E-state index is 9.58. The summed E-state index contributed by atoms with van der Waals surface area (Å²) in [5.74, 6) is 0.418. The first-order valence-electron chi connectivity index (χ1n) is 3.94. The Labute approximate surface area is 73.9 Å². The van der Waals surface area contributed by atoms with E-state index in [2.05, 4.69) is 20.4 Å². The fourth-order valence-electron chi connectivity index (χ4n) is 1.19. The number of aromatic amines is 1. The summed E-state index contributed by atoms with van der Waals surface area (Å²) >= 11 is 0. The van der Waals surface area contributed by atoms with Gasteiger partial charge in [0.25, 0.3) is 0 Å². The van der Waals surface area contributed by atoms with Crippen LogP contribution >= 0.6 is 0 Å². The first kappa shape index (κ1) is 8.21. The van der Waals surface area contributed by atoms with Gasteiger partial charge < -0.3 is 19.9 Å². The van der Waals surface area contributed by atoms with Crippen molar-refractivity contribution in [2.45, 2.75) is 6.10 Å². The average Bonchev–Trinajstić information content (AvgIpc) is 2.62. The molecule has 2 rings (SSSR count). The van der Waals surface area contributed by atoms with E-state index in [-0.39, 0.29) is 0 Å². The normalized spacial score (nSPS) is 13.7. The minimum absolute atomic E-state index is 0.418. The summed E-state index contributed by atoms with van der Waals surface area (Å²) < 4.78 is 4.94. The standard InChI is InChI=1S/C7H10N4O2/c1-8-2-4(12)6-5-7(11-13-6)10-3-9-5/h3-4,8,12H,2H2,1H3,(H,9,10,11). The maximum atomic E-state index is 9.58. The lowest BCUT2D eigenvalue weighted by Crippen LogP contribution is -2.16. The summed E-state index contributed by atoms with van der Waals surface area (Å²) in [4.78, 5) is 6.74. The van der Waals surface area contributed by atoms with Crippen molar-refractivity contribution in [1.29, 1.82) is 0 Å². The largest absolute Gasteiger partial charge is 0.384 e. The molecule has 2 aromatic rings. The van der Waals surface area contributed by atoms with E-state index in [1.165, 1.54) is 6.33 Å². The van der Waals surface area contributed by atoms with Gasteiger partial charge in [-0.25, -0.2) is 4.98 Å². The van der Waals surface area contributed by atoms with Gasteiger partial charge >= 0.3 is 0 Å². The second-order valence-corrected chi connectivity index (χ2v) is 2.72. The zero-order valence-corrected chi connectivity index (χ0v) is 7.11. The van der Waals surface area contributed by atoms with Gasteiger partial charge in [0.1, 0.15) is 11.6 Å². The molecule has 3 N–H and O–H groups in total. The maximum Gasteiger partial charge on any atom is 0.220 e. The number of aromatic nitrogens is 3. The third-order valence-electron chi connectivity index (χ3n) is 1.80. The molecule has 0 aliphatic carbocycles. The molecule has 70 valence electrons. The predicted octanol–water partition coefficient (Wildman–Crippen LogP) is -0.196. The van der Waals surface area contributed by atoms with Crippen LogP contribution in [-0.2, 0) is 0 Å². The van der Waals surface area contributed by atoms with E-state index in [1.54, 1.807) is 7.05 Å². The molecular formula is C7H10N4O2. The molecule has 1 atom stereocenters. The lowest BCUT2D eigenvalue weighted by molar-refractivity contribution is 0.141. The van der Waals surface area contributed by atoms with Crippen molar-refractivity contribution in [2.75, 3.05) is 13.6 Å². The summed E-state index contributed by atoms with van der Waals surface area (Å²) in [6.45, 7) is 0.420. The van der Waals surface area contributed by atoms with E-state index in [0.29, 0.717) is 23.5 Å². The number of nitrogens with zero attached hydrogens (tertiary/aromatic N) is 2. The molecule has 0 aliphatic rings. The summed E-state index contributed by atoms with van der Waals surface area (Å²) in [5.41, 5.74) is 1.15. The number of rotatable bonds is 3. The molecule has 6 nitrogen and oxygen atoms in total. The number of H-pyrrole nitrogens is 1. The van der Waals surface area contributed by atoms with E-state index < -0.39 is 6.10 Å². The highest BCUT2D eigenvalue weighted by Crippen LogP contribution is 2.20. The lowest BCUT2D eigenvalue weighted by atomic mass is 10.2. The number of aliphatic hydroxyl groups is 1. The van der Waals surface area contributed by atoms with Gasteiger partial charge in [0.2, 0.25) is 5.65 Å². The van der Waals surface area contributed by atoms with Gasteiger partial charge in [-0.3, -0.25) is 0 Å². The highest BCUT2D eigenvalue weighted by Gasteiger charge is 2.17. The molecule has 0 aliphatic heterocycles. The minimum atomic E-state index is -0.699. The first-order valence-corrected chi connectivity index (χ1v) is 3.94. The molecule has 0 radical (unpaired) electrons. The number of likely N-dealkylation sites (N-methyl/N-ethyl adjacent to an activating group) is 1. The van der Waals surface area contributed by atoms with Crippen LogP contribution in [0.4, 0.5) is 0 Å². The molecule has 6 heteroatoms. The Morgan fingerprint density at radius 3 is 3.38 bits per heavy atom. The van der Waals surface area contributed by atoms with Crippen LogP contribution in [0.15, 0.2) is 10.9 Å². The van der Waals surface area contributed by atoms with E-state index in [4.69, 9.17) is 4.52 Å². The fourth-order valence-corrected chi connectivity index (χ4v) is 1.19. The third-order valence-corrected chi connectivity index (χ3v) is 1.80. The van der Waals surface area contributed by atoms with Crippen molar-refractivity contribution >= 4 is 11.2 Å². The van der Waals surface area contributed by atoms with Crippen LogP contribution < -0.4 is 5.32 Å². The van der Waals surface area contributed by atoms with E-state index in [1.807, 2.05) is 0 Å². The van der Waals surface area contributed by atoms with Gasteiger partial charge in [0.15, 0.2) is 5.76 Å². The SMILES string of the molecule is CNCC(O)c1onc2nc[nH]c12. The van der Waals surface area contributed by atoms with Crippen LogP contribution in [0.25, 0.3) is 11.2 Å². The van der Waals surface area contributed by atoms with Crippen LogP contribution in [-0.4, -0.2) is 33.8 Å². The summed E-state index contributed by atoms with van der Waals surface area (Å²) in [6.07, 6.45) is 0.818. The zero-order chi connectivity index (χ0) is 9.26. The number of imidazole rings is 1. The quantitative estimate of drug-likeness (QED) is 0.612. The number of nitrogens with one attached hydrogen (secondary N) is 2. The second kappa shape index (κ2) is 3.15. The van der Waals surface area contributed by atoms with E-state index in [9.17, 15) is 5.11 Å². The van der Waals surface area contributed by atoms with Crippen molar-refractivity contribution in [3.8, 4) is 0 Å². The Balaban J connectivity index is 2.36. The van der Waals surface area contributed by atoms with Crippen LogP contribution in [0.5, 0.6) is 0 Å². The average molecular weight is 182 g/mol. The Kier molecular flexibility index (Phi) is 1.99. The van der Waals surface area contributed by atoms with Crippen LogP contribution in [0, 0.1) is 0 Å². The van der Waals surface area contributed by atoms with Crippen LogP contribution in [0.3, 0.4) is 0 Å². The van der Waals surface area contributed by atoms with Gasteiger partial charge in [-0.05, 0) is 7.05 Å². The van der Waals surface area contributed by atoms with E-state index in [0.717, 1.165) is 0 Å². The number of aliphatic hydroxyl groups excluding tert-OH is 1. The van der Waals surface area contributed by atoms with Gasteiger partial charge in [-0.1, -0.05) is 5.16 Å². The highest BCUT2D eigenvalue weighted by molar-refractivity contribution is 5.72. The molecule has 2 heterocycles. The fraction of sp³-hybridized carbons (Fsp3) is 0.429. The van der Waals surface area contributed by atoms with Gasteiger partial charge in [-0.2, -0.15) is 0 Å². The molecule has 0 spiro atoms. The topological polar surface area (TPSA) is 87.0 Å². The molecule has 0 saturated heterocycles. The number of hydrogen-bond donors (Lipinski definition) is 3. The van der Waals surface area contributed by atoms with Crippen molar-refractivity contribution in [3.05, 3.63) is 12.1 Å². The second-order valence-electron chi connectivity index (χ2n) is 2.72. The predicted molar refractivity (Wildman–Crippen MR) is 45.0 cm³/mol. The Hall–Kier alpha value is -1.40. The molecule has 1 unspecified atom stereocenters. The third kappa shape index (κ3) is 1.30. The number of fused-ring (bicyclic) bond motifs is 1. The van der Waals surface area contributed by atoms with Gasteiger partial charge in [0, 0.05) is 6.54 Å². The first-order chi connectivity index (χ1) is 6.33. The highest BCUT2D eigenvalue weighted by atomic mass is 16.5. The minimum Gasteiger partial charge on any atom is -0.384 e. The summed E-state index contributed by atoms with van der Waals surface area (Å²) in [6, 6.07) is 0. The van der Waals surface area contributed by atoms with Gasteiger partial charge in [-0.15, -0.1) is 0 Å². The molecular weight excluding hydrogens is 172 g/mol. The number of hydrogen-bond acceptors (Lipinski definition) is 5. The van der Waals surface area contributed by atoms with Crippen LogP contribution in [0.2, 0.25) is 0 Å². The van der Waals surface area contributed by atoms with Crippen molar-refractivity contribution in [2.24, 2.45) is 0 Å². The Morgan fingerprint density at radius 1 is 1.77 bits per heavy atom. The Morgan fingerprint density at radius 2 is 2.62 bits per heavy atom.